The molecule has 0 unspecified atom stereocenters. The molecule has 3 nitrogen and oxygen atoms in total. The summed E-state index contributed by atoms with van der Waals surface area (Å²) in [6.45, 7) is 0.705. The molecule has 0 spiro atoms. The van der Waals surface area contributed by atoms with Crippen molar-refractivity contribution in [2.45, 2.75) is 18.3 Å². The zero-order valence-corrected chi connectivity index (χ0v) is 11.8. The highest BCUT2D eigenvalue weighted by atomic mass is 16.1. The molecule has 0 aliphatic heterocycles. The standard InChI is InChI=1S/C18H18N2O/c21-17(7-6-15-8-12-19-13-9-15)20-14-18(10-11-18)16-4-2-1-3-5-16/h1-9,12-13H,10-11,14H2,(H,20,21)/b7-6+. The molecule has 1 amide bonds. The van der Waals surface area contributed by atoms with Crippen LogP contribution in [0.25, 0.3) is 6.08 Å². The fourth-order valence-electron chi connectivity index (χ4n) is 2.47. The summed E-state index contributed by atoms with van der Waals surface area (Å²) in [5, 5.41) is 3.01. The fraction of sp³-hybridized carbons (Fsp3) is 0.222. The molecule has 21 heavy (non-hydrogen) atoms. The van der Waals surface area contributed by atoms with Gasteiger partial charge in [0.15, 0.2) is 0 Å². The number of nitrogens with zero attached hydrogens (tertiary/aromatic N) is 1. The average Bonchev–Trinajstić information content (AvgIpc) is 3.34. The van der Waals surface area contributed by atoms with Gasteiger partial charge in [0.1, 0.15) is 0 Å². The second-order valence-electron chi connectivity index (χ2n) is 5.48. The molecular weight excluding hydrogens is 260 g/mol. The minimum Gasteiger partial charge on any atom is -0.352 e. The van der Waals surface area contributed by atoms with Crippen molar-refractivity contribution in [2.75, 3.05) is 6.54 Å². The lowest BCUT2D eigenvalue weighted by Gasteiger charge is -2.15. The van der Waals surface area contributed by atoms with Gasteiger partial charge < -0.3 is 5.32 Å². The van der Waals surface area contributed by atoms with Crippen LogP contribution in [0.5, 0.6) is 0 Å². The highest BCUT2D eigenvalue weighted by molar-refractivity contribution is 5.91. The number of rotatable bonds is 5. The van der Waals surface area contributed by atoms with Crippen LogP contribution >= 0.6 is 0 Å². The first-order valence-electron chi connectivity index (χ1n) is 7.20. The molecule has 1 fully saturated rings. The molecule has 0 bridgehead atoms. The van der Waals surface area contributed by atoms with E-state index >= 15 is 0 Å². The lowest BCUT2D eigenvalue weighted by atomic mass is 9.96. The van der Waals surface area contributed by atoms with E-state index in [-0.39, 0.29) is 11.3 Å². The van der Waals surface area contributed by atoms with Crippen LogP contribution < -0.4 is 5.32 Å². The van der Waals surface area contributed by atoms with Crippen LogP contribution in [0.15, 0.2) is 60.9 Å². The molecule has 1 heterocycles. The molecule has 0 saturated heterocycles. The topological polar surface area (TPSA) is 42.0 Å². The molecule has 1 aromatic heterocycles. The van der Waals surface area contributed by atoms with Crippen LogP contribution in [0.2, 0.25) is 0 Å². The van der Waals surface area contributed by atoms with E-state index in [4.69, 9.17) is 0 Å². The Morgan fingerprint density at radius 3 is 2.52 bits per heavy atom. The summed E-state index contributed by atoms with van der Waals surface area (Å²) in [5.74, 6) is -0.0472. The lowest BCUT2D eigenvalue weighted by molar-refractivity contribution is -0.116. The van der Waals surface area contributed by atoms with Crippen LogP contribution in [-0.4, -0.2) is 17.4 Å². The van der Waals surface area contributed by atoms with Crippen molar-refractivity contribution < 1.29 is 4.79 Å². The highest BCUT2D eigenvalue weighted by Crippen LogP contribution is 2.47. The predicted octanol–water partition coefficient (Wildman–Crippen LogP) is 2.94. The number of nitrogens with one attached hydrogen (secondary N) is 1. The third-order valence-corrected chi connectivity index (χ3v) is 3.97. The van der Waals surface area contributed by atoms with Crippen LogP contribution in [0.3, 0.4) is 0 Å². The molecule has 1 N–H and O–H groups in total. The maximum absolute atomic E-state index is 11.9. The van der Waals surface area contributed by atoms with E-state index in [9.17, 15) is 4.79 Å². The maximum atomic E-state index is 11.9. The summed E-state index contributed by atoms with van der Waals surface area (Å²) in [7, 11) is 0. The van der Waals surface area contributed by atoms with Gasteiger partial charge in [-0.15, -0.1) is 0 Å². The van der Waals surface area contributed by atoms with Gasteiger partial charge in [-0.3, -0.25) is 9.78 Å². The van der Waals surface area contributed by atoms with Crippen molar-refractivity contribution in [1.82, 2.24) is 10.3 Å². The zero-order chi connectivity index (χ0) is 14.5. The molecule has 3 rings (SSSR count). The number of carbonyl (C=O) groups is 1. The van der Waals surface area contributed by atoms with Crippen LogP contribution in [0.1, 0.15) is 24.0 Å². The van der Waals surface area contributed by atoms with Gasteiger partial charge in [-0.1, -0.05) is 30.3 Å². The van der Waals surface area contributed by atoms with E-state index < -0.39 is 0 Å². The van der Waals surface area contributed by atoms with E-state index in [0.29, 0.717) is 6.54 Å². The Bertz CT molecular complexity index is 631. The third-order valence-electron chi connectivity index (χ3n) is 3.97. The van der Waals surface area contributed by atoms with E-state index in [2.05, 4.69) is 34.6 Å². The van der Waals surface area contributed by atoms with Gasteiger partial charge in [0.2, 0.25) is 5.91 Å². The van der Waals surface area contributed by atoms with Crippen molar-refractivity contribution in [2.24, 2.45) is 0 Å². The van der Waals surface area contributed by atoms with Crippen molar-refractivity contribution >= 4 is 12.0 Å². The number of aromatic nitrogens is 1. The molecule has 2 aromatic rings. The normalized spacial score (nSPS) is 15.8. The first kappa shape index (κ1) is 13.6. The summed E-state index contributed by atoms with van der Waals surface area (Å²) in [6, 6.07) is 14.2. The monoisotopic (exact) mass is 278 g/mol. The van der Waals surface area contributed by atoms with E-state index in [0.717, 1.165) is 18.4 Å². The van der Waals surface area contributed by atoms with E-state index in [1.165, 1.54) is 5.56 Å². The quantitative estimate of drug-likeness (QED) is 0.854. The Morgan fingerprint density at radius 1 is 1.14 bits per heavy atom. The highest BCUT2D eigenvalue weighted by Gasteiger charge is 2.43. The van der Waals surface area contributed by atoms with Gasteiger partial charge in [-0.05, 0) is 42.2 Å². The number of amides is 1. The smallest absolute Gasteiger partial charge is 0.244 e. The number of carbonyl (C=O) groups excluding carboxylic acids is 1. The maximum Gasteiger partial charge on any atom is 0.244 e. The van der Waals surface area contributed by atoms with E-state index in [1.54, 1.807) is 24.5 Å². The van der Waals surface area contributed by atoms with Crippen molar-refractivity contribution in [3.8, 4) is 0 Å². The summed E-state index contributed by atoms with van der Waals surface area (Å²) in [6.07, 6.45) is 9.10. The molecule has 1 aliphatic carbocycles. The van der Waals surface area contributed by atoms with E-state index in [1.807, 2.05) is 18.2 Å². The van der Waals surface area contributed by atoms with Gasteiger partial charge in [-0.2, -0.15) is 0 Å². The SMILES string of the molecule is O=C(/C=C/c1ccncc1)NCC1(c2ccccc2)CC1. The Labute approximate surface area is 124 Å². The molecule has 0 radical (unpaired) electrons. The molecule has 106 valence electrons. The first-order valence-corrected chi connectivity index (χ1v) is 7.20. The zero-order valence-electron chi connectivity index (χ0n) is 11.8. The number of benzene rings is 1. The number of pyridine rings is 1. The van der Waals surface area contributed by atoms with Gasteiger partial charge >= 0.3 is 0 Å². The summed E-state index contributed by atoms with van der Waals surface area (Å²) < 4.78 is 0. The molecule has 1 saturated carbocycles. The van der Waals surface area contributed by atoms with Crippen LogP contribution in [-0.2, 0) is 10.2 Å². The third kappa shape index (κ3) is 3.37. The average molecular weight is 278 g/mol. The summed E-state index contributed by atoms with van der Waals surface area (Å²) in [5.41, 5.74) is 2.45. The Kier molecular flexibility index (Phi) is 3.82. The molecule has 0 atom stereocenters. The Hall–Kier alpha value is -2.42. The van der Waals surface area contributed by atoms with Gasteiger partial charge in [0.25, 0.3) is 0 Å². The largest absolute Gasteiger partial charge is 0.352 e. The second-order valence-corrected chi connectivity index (χ2v) is 5.48. The number of hydrogen-bond acceptors (Lipinski definition) is 2. The lowest BCUT2D eigenvalue weighted by Crippen LogP contribution is -2.30. The predicted molar refractivity (Wildman–Crippen MR) is 83.6 cm³/mol. The van der Waals surface area contributed by atoms with Gasteiger partial charge in [0, 0.05) is 30.4 Å². The molecular formula is C18H18N2O. The minimum absolute atomic E-state index is 0.0472. The van der Waals surface area contributed by atoms with Crippen molar-refractivity contribution in [3.05, 3.63) is 72.1 Å². The van der Waals surface area contributed by atoms with Crippen molar-refractivity contribution in [1.29, 1.82) is 0 Å². The molecule has 3 heteroatoms. The van der Waals surface area contributed by atoms with Crippen LogP contribution in [0.4, 0.5) is 0 Å². The molecule has 1 aliphatic rings. The Morgan fingerprint density at radius 2 is 1.86 bits per heavy atom. The first-order chi connectivity index (χ1) is 10.3. The summed E-state index contributed by atoms with van der Waals surface area (Å²) in [4.78, 5) is 15.9. The Balaban J connectivity index is 1.56. The molecule has 1 aromatic carbocycles. The van der Waals surface area contributed by atoms with Gasteiger partial charge in [-0.25, -0.2) is 0 Å². The number of hydrogen-bond donors (Lipinski definition) is 1. The minimum atomic E-state index is -0.0472. The van der Waals surface area contributed by atoms with Crippen molar-refractivity contribution in [3.63, 3.8) is 0 Å². The second kappa shape index (κ2) is 5.92. The van der Waals surface area contributed by atoms with Crippen LogP contribution in [0, 0.1) is 0 Å². The fourth-order valence-corrected chi connectivity index (χ4v) is 2.47. The summed E-state index contributed by atoms with van der Waals surface area (Å²) >= 11 is 0. The van der Waals surface area contributed by atoms with Gasteiger partial charge in [0.05, 0.1) is 0 Å².